The summed E-state index contributed by atoms with van der Waals surface area (Å²) in [6.07, 6.45) is 2.38. The summed E-state index contributed by atoms with van der Waals surface area (Å²) < 4.78 is 4.51. The first-order chi connectivity index (χ1) is 6.31. The molecule has 0 amide bonds. The molecular weight excluding hydrogens is 170 g/mol. The van der Waals surface area contributed by atoms with Crippen LogP contribution in [0.25, 0.3) is 4.85 Å². The largest absolute Gasteiger partial charge is 0.578 e. The quantitative estimate of drug-likeness (QED) is 0.256. The molecule has 0 radical (unpaired) electrons. The molecule has 13 heavy (non-hydrogen) atoms. The second-order valence-electron chi connectivity index (χ2n) is 2.43. The van der Waals surface area contributed by atoms with Gasteiger partial charge in [-0.3, -0.25) is 9.69 Å². The van der Waals surface area contributed by atoms with E-state index in [0.717, 1.165) is 13.0 Å². The summed E-state index contributed by atoms with van der Waals surface area (Å²) in [4.78, 5) is 15.0. The Hall–Kier alpha value is -1.59. The van der Waals surface area contributed by atoms with Crippen molar-refractivity contribution < 1.29 is 9.53 Å². The maximum Gasteiger partial charge on any atom is 0.578 e. The Morgan fingerprint density at radius 3 is 3.08 bits per heavy atom. The Balaban J connectivity index is 3.35. The van der Waals surface area contributed by atoms with Crippen molar-refractivity contribution in [2.75, 3.05) is 26.7 Å². The van der Waals surface area contributed by atoms with Gasteiger partial charge in [0.2, 0.25) is 0 Å². The number of ether oxygens (including phenoxy) is 1. The topological polar surface area (TPSA) is 57.7 Å². The van der Waals surface area contributed by atoms with Crippen molar-refractivity contribution in [3.05, 3.63) is 4.85 Å². The van der Waals surface area contributed by atoms with Crippen molar-refractivity contribution in [2.45, 2.75) is 6.42 Å². The summed E-state index contributed by atoms with van der Waals surface area (Å²) in [6, 6.07) is 2.56. The summed E-state index contributed by atoms with van der Waals surface area (Å²) in [7, 11) is 1.88. The van der Waals surface area contributed by atoms with E-state index in [0.29, 0.717) is 19.6 Å². The molecule has 0 aromatic heterocycles. The highest BCUT2D eigenvalue weighted by Crippen LogP contribution is 1.86. The summed E-state index contributed by atoms with van der Waals surface area (Å²) in [6.45, 7) is 2.14. The van der Waals surface area contributed by atoms with Crippen LogP contribution in [0.1, 0.15) is 6.42 Å². The third-order valence-electron chi connectivity index (χ3n) is 1.34. The molecule has 5 heteroatoms. The molecule has 0 heterocycles. The molecule has 0 aliphatic heterocycles. The Bertz CT molecular complexity index is 236. The van der Waals surface area contributed by atoms with Crippen LogP contribution < -0.4 is 0 Å². The van der Waals surface area contributed by atoms with Crippen LogP contribution >= 0.6 is 0 Å². The molecule has 5 nitrogen and oxygen atoms in total. The summed E-state index contributed by atoms with van der Waals surface area (Å²) in [5, 5.41) is 8.07. The molecule has 0 saturated heterocycles. The lowest BCUT2D eigenvalue weighted by atomic mass is 10.4. The van der Waals surface area contributed by atoms with Crippen LogP contribution in [0.4, 0.5) is 0 Å². The Morgan fingerprint density at radius 2 is 2.46 bits per heavy atom. The van der Waals surface area contributed by atoms with Crippen LogP contribution in [0, 0.1) is 17.5 Å². The maximum absolute atomic E-state index is 9.76. The maximum atomic E-state index is 9.76. The number of nitrogens with zero attached hydrogens (tertiary/aromatic N) is 3. The molecule has 0 N–H and O–H groups in total. The molecule has 0 atom stereocenters. The molecular formula is C8H12N3O2+. The minimum atomic E-state index is 0.420. The first-order valence-electron chi connectivity index (χ1n) is 3.86. The number of carbonyl (C=O) groups is 1. The second-order valence-corrected chi connectivity index (χ2v) is 2.43. The van der Waals surface area contributed by atoms with Crippen molar-refractivity contribution in [1.82, 2.24) is 4.90 Å². The summed E-state index contributed by atoms with van der Waals surface area (Å²) in [5.74, 6) is 0. The predicted molar refractivity (Wildman–Crippen MR) is 47.0 cm³/mol. The van der Waals surface area contributed by atoms with E-state index in [1.165, 1.54) is 0 Å². The van der Waals surface area contributed by atoms with Gasteiger partial charge in [0.15, 0.2) is 11.3 Å². The average molecular weight is 182 g/mol. The fraction of sp³-hybridized carbons (Fsp3) is 0.625. The fourth-order valence-corrected chi connectivity index (χ4v) is 0.736. The second kappa shape index (κ2) is 8.51. The van der Waals surface area contributed by atoms with Crippen molar-refractivity contribution in [1.29, 1.82) is 5.26 Å². The predicted octanol–water partition coefficient (Wildman–Crippen LogP) is 0.295. The Kier molecular flexibility index (Phi) is 7.47. The SMILES string of the molecule is CN(CC#[N+]C#N)CCCOC=O. The van der Waals surface area contributed by atoms with E-state index in [9.17, 15) is 4.79 Å². The molecule has 0 aromatic rings. The molecule has 0 aromatic carbocycles. The van der Waals surface area contributed by atoms with E-state index < -0.39 is 0 Å². The molecule has 0 aliphatic carbocycles. The van der Waals surface area contributed by atoms with Crippen LogP contribution in [-0.2, 0) is 9.53 Å². The van der Waals surface area contributed by atoms with Crippen LogP contribution in [0.5, 0.6) is 0 Å². The van der Waals surface area contributed by atoms with Crippen LogP contribution in [0.2, 0.25) is 0 Å². The van der Waals surface area contributed by atoms with Crippen LogP contribution in [0.3, 0.4) is 0 Å². The van der Waals surface area contributed by atoms with E-state index in [1.807, 2.05) is 11.9 Å². The smallest absolute Gasteiger partial charge is 0.468 e. The van der Waals surface area contributed by atoms with E-state index in [-0.39, 0.29) is 0 Å². The summed E-state index contributed by atoms with van der Waals surface area (Å²) in [5.41, 5.74) is 0. The van der Waals surface area contributed by atoms with Gasteiger partial charge in [-0.2, -0.15) is 0 Å². The zero-order chi connectivity index (χ0) is 9.94. The van der Waals surface area contributed by atoms with Crippen molar-refractivity contribution in [2.24, 2.45) is 0 Å². The monoisotopic (exact) mass is 182 g/mol. The van der Waals surface area contributed by atoms with Crippen LogP contribution in [0.15, 0.2) is 0 Å². The van der Waals surface area contributed by atoms with E-state index >= 15 is 0 Å². The number of hydrogen-bond donors (Lipinski definition) is 0. The molecule has 0 saturated carbocycles. The zero-order valence-corrected chi connectivity index (χ0v) is 7.56. The molecule has 70 valence electrons. The first kappa shape index (κ1) is 11.4. The Labute approximate surface area is 77.3 Å². The highest BCUT2D eigenvalue weighted by molar-refractivity contribution is 5.36. The molecule has 0 fully saturated rings. The highest BCUT2D eigenvalue weighted by atomic mass is 16.5. The molecule has 0 unspecified atom stereocenters. The standard InChI is InChI=1S/C8H12N3O2/c1-11(5-3-10-7-9)4-2-6-13-8-12/h8H,2,4-6H2,1H3/q+1. The van der Waals surface area contributed by atoms with Crippen LogP contribution in [-0.4, -0.2) is 38.1 Å². The zero-order valence-electron chi connectivity index (χ0n) is 7.56. The molecule has 0 spiro atoms. The van der Waals surface area contributed by atoms with Gasteiger partial charge >= 0.3 is 6.19 Å². The molecule has 0 bridgehead atoms. The average Bonchev–Trinajstić information content (AvgIpc) is 2.13. The lowest BCUT2D eigenvalue weighted by Crippen LogP contribution is -2.20. The third kappa shape index (κ3) is 8.32. The van der Waals surface area contributed by atoms with Gasteiger partial charge in [-0.1, -0.05) is 4.85 Å². The lowest BCUT2D eigenvalue weighted by Gasteiger charge is -2.09. The van der Waals surface area contributed by atoms with Crippen molar-refractivity contribution in [3.8, 4) is 12.3 Å². The molecule has 0 rings (SSSR count). The number of nitriles is 1. The van der Waals surface area contributed by atoms with Crippen molar-refractivity contribution in [3.63, 3.8) is 0 Å². The number of hydrogen-bond acceptors (Lipinski definition) is 4. The Morgan fingerprint density at radius 1 is 1.69 bits per heavy atom. The van der Waals surface area contributed by atoms with E-state index in [4.69, 9.17) is 5.26 Å². The third-order valence-corrected chi connectivity index (χ3v) is 1.34. The summed E-state index contributed by atoms with van der Waals surface area (Å²) >= 11 is 0. The number of carbonyl (C=O) groups excluding carboxylic acids is 1. The minimum absolute atomic E-state index is 0.420. The molecule has 0 aliphatic rings. The van der Waals surface area contributed by atoms with Gasteiger partial charge in [-0.15, -0.1) is 0 Å². The van der Waals surface area contributed by atoms with Gasteiger partial charge in [0, 0.05) is 6.54 Å². The van der Waals surface area contributed by atoms with Crippen molar-refractivity contribution >= 4 is 6.47 Å². The van der Waals surface area contributed by atoms with E-state index in [2.05, 4.69) is 15.7 Å². The first-order valence-corrected chi connectivity index (χ1v) is 3.86. The van der Waals surface area contributed by atoms with Gasteiger partial charge < -0.3 is 4.74 Å². The van der Waals surface area contributed by atoms with Gasteiger partial charge in [0.1, 0.15) is 6.54 Å². The minimum Gasteiger partial charge on any atom is -0.468 e. The highest BCUT2D eigenvalue weighted by Gasteiger charge is 1.97. The van der Waals surface area contributed by atoms with Gasteiger partial charge in [0.05, 0.1) is 6.61 Å². The normalized spacial score (nSPS) is 8.38. The van der Waals surface area contributed by atoms with E-state index in [1.54, 1.807) is 6.19 Å². The van der Waals surface area contributed by atoms with Gasteiger partial charge in [-0.25, -0.2) is 0 Å². The lowest BCUT2D eigenvalue weighted by molar-refractivity contribution is -0.128. The van der Waals surface area contributed by atoms with Gasteiger partial charge in [-0.05, 0) is 13.5 Å². The fourth-order valence-electron chi connectivity index (χ4n) is 0.736. The number of rotatable bonds is 6. The van der Waals surface area contributed by atoms with Gasteiger partial charge in [0.25, 0.3) is 6.47 Å².